The monoisotopic (exact) mass is 357 g/mol. The van der Waals surface area contributed by atoms with E-state index in [9.17, 15) is 4.39 Å². The molecule has 0 heterocycles. The van der Waals surface area contributed by atoms with Crippen LogP contribution in [0.15, 0.2) is 18.2 Å². The Morgan fingerprint density at radius 1 is 1.21 bits per heavy atom. The van der Waals surface area contributed by atoms with Crippen molar-refractivity contribution in [3.63, 3.8) is 0 Å². The molecule has 0 unspecified atom stereocenters. The van der Waals surface area contributed by atoms with Crippen molar-refractivity contribution in [1.29, 1.82) is 0 Å². The van der Waals surface area contributed by atoms with Gasteiger partial charge in [-0.3, -0.25) is 4.72 Å². The molecule has 1 aromatic carbocycles. The molecule has 0 fully saturated rings. The smallest absolute Gasteiger partial charge is 0.127 e. The first-order valence-corrected chi connectivity index (χ1v) is 9.57. The van der Waals surface area contributed by atoms with Gasteiger partial charge in [0.1, 0.15) is 11.6 Å². The average molecular weight is 358 g/mol. The minimum absolute atomic E-state index is 0.0530. The van der Waals surface area contributed by atoms with E-state index in [4.69, 9.17) is 9.47 Å². The van der Waals surface area contributed by atoms with Crippen molar-refractivity contribution >= 4 is 11.9 Å². The van der Waals surface area contributed by atoms with Gasteiger partial charge in [-0.2, -0.15) is 0 Å². The number of hydrogen-bond donors (Lipinski definition) is 1. The molecule has 0 saturated heterocycles. The van der Waals surface area contributed by atoms with Crippen LogP contribution in [0.5, 0.6) is 5.75 Å². The average Bonchev–Trinajstić information content (AvgIpc) is 2.46. The molecule has 138 valence electrons. The second-order valence-electron chi connectivity index (χ2n) is 6.89. The second-order valence-corrected chi connectivity index (χ2v) is 8.56. The molecule has 1 N–H and O–H groups in total. The molecule has 0 aromatic heterocycles. The number of ether oxygens (including phenoxy) is 2. The lowest BCUT2D eigenvalue weighted by atomic mass is 10.0. The molecule has 3 nitrogen and oxygen atoms in total. The first-order valence-electron chi connectivity index (χ1n) is 8.75. The zero-order valence-electron chi connectivity index (χ0n) is 15.8. The number of nitrogens with one attached hydrogen (secondary N) is 1. The Morgan fingerprint density at radius 3 is 2.50 bits per heavy atom. The van der Waals surface area contributed by atoms with Crippen LogP contribution in [0.2, 0.25) is 0 Å². The summed E-state index contributed by atoms with van der Waals surface area (Å²) < 4.78 is 29.0. The fourth-order valence-corrected chi connectivity index (χ4v) is 3.01. The van der Waals surface area contributed by atoms with Crippen LogP contribution in [0.4, 0.5) is 4.39 Å². The fourth-order valence-electron chi connectivity index (χ4n) is 2.20. The van der Waals surface area contributed by atoms with Gasteiger partial charge in [0.2, 0.25) is 0 Å². The standard InChI is InChI=1S/C19H32FNO2S/c1-7-9-10-23-14(3)18(21-24-19(4,5)6)15-11-16(20)13-17(12-15)22-8-2/h11-14,18,21H,7-10H2,1-6H3/t14-,18+/m0/s1. The lowest BCUT2D eigenvalue weighted by molar-refractivity contribution is 0.0428. The molecule has 24 heavy (non-hydrogen) atoms. The van der Waals surface area contributed by atoms with E-state index in [1.54, 1.807) is 18.0 Å². The van der Waals surface area contributed by atoms with Gasteiger partial charge in [-0.05, 0) is 58.7 Å². The molecule has 5 heteroatoms. The van der Waals surface area contributed by atoms with Crippen molar-refractivity contribution < 1.29 is 13.9 Å². The summed E-state index contributed by atoms with van der Waals surface area (Å²) in [5, 5.41) is 0. The molecule has 2 atom stereocenters. The topological polar surface area (TPSA) is 30.5 Å². The molecular weight excluding hydrogens is 325 g/mol. The lowest BCUT2D eigenvalue weighted by Crippen LogP contribution is -2.31. The summed E-state index contributed by atoms with van der Waals surface area (Å²) in [6.07, 6.45) is 2.05. The van der Waals surface area contributed by atoms with E-state index in [1.165, 1.54) is 6.07 Å². The first kappa shape index (κ1) is 21.3. The van der Waals surface area contributed by atoms with Gasteiger partial charge in [0.25, 0.3) is 0 Å². The molecule has 0 radical (unpaired) electrons. The van der Waals surface area contributed by atoms with Crippen LogP contribution in [-0.2, 0) is 4.74 Å². The molecule has 1 aromatic rings. The predicted molar refractivity (Wildman–Crippen MR) is 101 cm³/mol. The largest absolute Gasteiger partial charge is 0.494 e. The lowest BCUT2D eigenvalue weighted by Gasteiger charge is -2.29. The van der Waals surface area contributed by atoms with Crippen molar-refractivity contribution in [3.8, 4) is 5.75 Å². The van der Waals surface area contributed by atoms with Crippen LogP contribution < -0.4 is 9.46 Å². The Hall–Kier alpha value is -0.780. The van der Waals surface area contributed by atoms with Crippen molar-refractivity contribution in [1.82, 2.24) is 4.72 Å². The molecule has 0 saturated carbocycles. The minimum atomic E-state index is -0.288. The van der Waals surface area contributed by atoms with Gasteiger partial charge >= 0.3 is 0 Å². The van der Waals surface area contributed by atoms with Crippen LogP contribution in [-0.4, -0.2) is 24.1 Å². The molecule has 1 rings (SSSR count). The number of unbranched alkanes of at least 4 members (excludes halogenated alkanes) is 1. The van der Waals surface area contributed by atoms with Gasteiger partial charge < -0.3 is 9.47 Å². The van der Waals surface area contributed by atoms with Crippen molar-refractivity contribution in [2.75, 3.05) is 13.2 Å². The molecule has 0 aliphatic heterocycles. The third-order valence-corrected chi connectivity index (χ3v) is 4.39. The van der Waals surface area contributed by atoms with Crippen molar-refractivity contribution in [3.05, 3.63) is 29.6 Å². The summed E-state index contributed by atoms with van der Waals surface area (Å²) in [5.74, 6) is 0.269. The summed E-state index contributed by atoms with van der Waals surface area (Å²) in [6, 6.07) is 4.76. The van der Waals surface area contributed by atoms with E-state index >= 15 is 0 Å². The Labute approximate surface area is 150 Å². The van der Waals surface area contributed by atoms with Crippen LogP contribution in [0, 0.1) is 5.82 Å². The van der Waals surface area contributed by atoms with Gasteiger partial charge in [0.05, 0.1) is 18.8 Å². The Morgan fingerprint density at radius 2 is 1.92 bits per heavy atom. The third-order valence-electron chi connectivity index (χ3n) is 3.40. The van der Waals surface area contributed by atoms with Gasteiger partial charge in [-0.25, -0.2) is 4.39 Å². The molecule has 0 aliphatic rings. The predicted octanol–water partition coefficient (Wildman–Crippen LogP) is 5.51. The molecule has 0 aliphatic carbocycles. The highest BCUT2D eigenvalue weighted by Gasteiger charge is 2.24. The molecule has 0 bridgehead atoms. The van der Waals surface area contributed by atoms with Gasteiger partial charge in [-0.15, -0.1) is 0 Å². The number of rotatable bonds is 10. The Bertz CT molecular complexity index is 491. The van der Waals surface area contributed by atoms with Crippen LogP contribution in [0.3, 0.4) is 0 Å². The minimum Gasteiger partial charge on any atom is -0.494 e. The first-order chi connectivity index (χ1) is 11.3. The normalized spacial score (nSPS) is 14.5. The van der Waals surface area contributed by atoms with Crippen molar-refractivity contribution in [2.45, 2.75) is 71.3 Å². The van der Waals surface area contributed by atoms with Crippen LogP contribution in [0.1, 0.15) is 66.0 Å². The maximum atomic E-state index is 14.0. The second kappa shape index (κ2) is 10.3. The summed E-state index contributed by atoms with van der Waals surface area (Å²) in [4.78, 5) is 0. The maximum Gasteiger partial charge on any atom is 0.127 e. The molecular formula is C19H32FNO2S. The zero-order chi connectivity index (χ0) is 18.2. The van der Waals surface area contributed by atoms with Gasteiger partial charge in [0.15, 0.2) is 0 Å². The summed E-state index contributed by atoms with van der Waals surface area (Å²) >= 11 is 1.64. The van der Waals surface area contributed by atoms with E-state index in [-0.39, 0.29) is 22.7 Å². The van der Waals surface area contributed by atoms with Gasteiger partial charge in [-0.1, -0.05) is 25.3 Å². The van der Waals surface area contributed by atoms with E-state index in [0.29, 0.717) is 19.0 Å². The summed E-state index contributed by atoms with van der Waals surface area (Å²) in [5.41, 5.74) is 0.846. The number of hydrogen-bond acceptors (Lipinski definition) is 4. The maximum absolute atomic E-state index is 14.0. The molecule has 0 spiro atoms. The van der Waals surface area contributed by atoms with Gasteiger partial charge in [0, 0.05) is 17.4 Å². The quantitative estimate of drug-likeness (QED) is 0.442. The fraction of sp³-hybridized carbons (Fsp3) is 0.684. The Kier molecular flexibility index (Phi) is 9.09. The highest BCUT2D eigenvalue weighted by atomic mass is 32.2. The van der Waals surface area contributed by atoms with Crippen molar-refractivity contribution in [2.24, 2.45) is 0 Å². The SMILES string of the molecule is CCCCO[C@@H](C)[C@@H](NSC(C)(C)C)c1cc(F)cc(OCC)c1. The third kappa shape index (κ3) is 7.86. The Balaban J connectivity index is 2.97. The van der Waals surface area contributed by atoms with E-state index in [2.05, 4.69) is 32.4 Å². The van der Waals surface area contributed by atoms with E-state index in [1.807, 2.05) is 19.9 Å². The highest BCUT2D eigenvalue weighted by molar-refractivity contribution is 7.98. The molecule has 0 amide bonds. The number of benzene rings is 1. The summed E-state index contributed by atoms with van der Waals surface area (Å²) in [6.45, 7) is 13.7. The van der Waals surface area contributed by atoms with E-state index in [0.717, 1.165) is 18.4 Å². The zero-order valence-corrected chi connectivity index (χ0v) is 16.6. The van der Waals surface area contributed by atoms with Crippen LogP contribution in [0.25, 0.3) is 0 Å². The highest BCUT2D eigenvalue weighted by Crippen LogP contribution is 2.30. The summed E-state index contributed by atoms with van der Waals surface area (Å²) in [7, 11) is 0. The number of halogens is 1. The van der Waals surface area contributed by atoms with Crippen LogP contribution >= 0.6 is 11.9 Å². The van der Waals surface area contributed by atoms with E-state index < -0.39 is 0 Å².